The lowest BCUT2D eigenvalue weighted by molar-refractivity contribution is 0.414. The Labute approximate surface area is 142 Å². The third-order valence-corrected chi connectivity index (χ3v) is 3.94. The predicted molar refractivity (Wildman–Crippen MR) is 91.5 cm³/mol. The minimum Gasteiger partial charge on any atom is -0.493 e. The summed E-state index contributed by atoms with van der Waals surface area (Å²) in [5.74, 6) is 0.477. The highest BCUT2D eigenvalue weighted by molar-refractivity contribution is 6.31. The highest BCUT2D eigenvalue weighted by Crippen LogP contribution is 2.31. The Morgan fingerprint density at radius 1 is 1.12 bits per heavy atom. The first-order chi connectivity index (χ1) is 11.8. The number of hydrogen-bond donors (Lipinski definition) is 0. The first-order valence-electron chi connectivity index (χ1n) is 7.21. The highest BCUT2D eigenvalue weighted by Gasteiger charge is 2.15. The second-order valence-electron chi connectivity index (χ2n) is 5.06. The summed E-state index contributed by atoms with van der Waals surface area (Å²) in [5, 5.41) is 0.270. The quantitative estimate of drug-likeness (QED) is 0.535. The van der Waals surface area contributed by atoms with Crippen LogP contribution in [0.4, 0.5) is 0 Å². The number of halogens is 1. The maximum atomic E-state index is 6.18. The van der Waals surface area contributed by atoms with Crippen molar-refractivity contribution in [1.29, 1.82) is 0 Å². The normalized spacial score (nSPS) is 10.9. The molecule has 4 aromatic rings. The predicted octanol–water partition coefficient (Wildman–Crippen LogP) is 3.54. The van der Waals surface area contributed by atoms with Crippen LogP contribution in [0.25, 0.3) is 28.1 Å². The van der Waals surface area contributed by atoms with Crippen LogP contribution in [-0.2, 0) is 0 Å². The van der Waals surface area contributed by atoms with Gasteiger partial charge in [0.05, 0.1) is 30.8 Å². The van der Waals surface area contributed by atoms with Crippen molar-refractivity contribution < 1.29 is 4.74 Å². The number of benzene rings is 1. The van der Waals surface area contributed by atoms with Gasteiger partial charge in [0, 0.05) is 11.8 Å². The van der Waals surface area contributed by atoms with Gasteiger partial charge in [0.15, 0.2) is 10.9 Å². The molecular formula is C17H12ClN5O. The lowest BCUT2D eigenvalue weighted by atomic mass is 10.2. The van der Waals surface area contributed by atoms with E-state index in [-0.39, 0.29) is 5.15 Å². The molecule has 0 saturated carbocycles. The van der Waals surface area contributed by atoms with E-state index in [4.69, 9.17) is 16.3 Å². The number of hydrogen-bond acceptors (Lipinski definition) is 5. The third-order valence-electron chi connectivity index (χ3n) is 3.67. The molecule has 0 radical (unpaired) electrons. The fourth-order valence-electron chi connectivity index (χ4n) is 2.54. The molecule has 1 aromatic carbocycles. The van der Waals surface area contributed by atoms with Gasteiger partial charge < -0.3 is 4.74 Å². The molecule has 0 fully saturated rings. The summed E-state index contributed by atoms with van der Waals surface area (Å²) in [7, 11) is 1.54. The Kier molecular flexibility index (Phi) is 3.59. The van der Waals surface area contributed by atoms with Gasteiger partial charge in [0.25, 0.3) is 0 Å². The van der Waals surface area contributed by atoms with Crippen molar-refractivity contribution in [2.45, 2.75) is 0 Å². The summed E-state index contributed by atoms with van der Waals surface area (Å²) in [6, 6.07) is 11.7. The highest BCUT2D eigenvalue weighted by atomic mass is 35.5. The van der Waals surface area contributed by atoms with Crippen LogP contribution < -0.4 is 4.74 Å². The van der Waals surface area contributed by atoms with Crippen molar-refractivity contribution >= 4 is 22.6 Å². The fraction of sp³-hybridized carbons (Fsp3) is 0.0588. The maximum absolute atomic E-state index is 6.18. The zero-order chi connectivity index (χ0) is 16.5. The molecule has 0 aliphatic heterocycles. The average Bonchev–Trinajstić information content (AvgIpc) is 3.11. The van der Waals surface area contributed by atoms with Crippen LogP contribution in [0.2, 0.25) is 5.15 Å². The lowest BCUT2D eigenvalue weighted by Gasteiger charge is -2.10. The number of methoxy groups -OCH3 is 1. The summed E-state index contributed by atoms with van der Waals surface area (Å²) in [6.07, 6.45) is 4.98. The summed E-state index contributed by atoms with van der Waals surface area (Å²) in [4.78, 5) is 17.3. The first kappa shape index (κ1) is 14.6. The first-order valence-corrected chi connectivity index (χ1v) is 7.59. The van der Waals surface area contributed by atoms with Crippen LogP contribution >= 0.6 is 11.6 Å². The van der Waals surface area contributed by atoms with Crippen molar-refractivity contribution in [3.8, 4) is 22.8 Å². The summed E-state index contributed by atoms with van der Waals surface area (Å²) < 4.78 is 7.15. The average molecular weight is 338 g/mol. The van der Waals surface area contributed by atoms with Crippen molar-refractivity contribution in [3.05, 3.63) is 60.4 Å². The molecule has 118 valence electrons. The monoisotopic (exact) mass is 337 g/mol. The second kappa shape index (κ2) is 5.90. The fourth-order valence-corrected chi connectivity index (χ4v) is 2.76. The number of aromatic nitrogens is 5. The van der Waals surface area contributed by atoms with E-state index in [9.17, 15) is 0 Å². The minimum atomic E-state index is 0.270. The number of rotatable bonds is 3. The van der Waals surface area contributed by atoms with Gasteiger partial charge in [-0.1, -0.05) is 29.8 Å². The van der Waals surface area contributed by atoms with E-state index in [0.29, 0.717) is 22.5 Å². The smallest absolute Gasteiger partial charge is 0.171 e. The molecule has 24 heavy (non-hydrogen) atoms. The van der Waals surface area contributed by atoms with Crippen molar-refractivity contribution in [3.63, 3.8) is 0 Å². The summed E-state index contributed by atoms with van der Waals surface area (Å²) in [6.45, 7) is 0. The van der Waals surface area contributed by atoms with Crippen molar-refractivity contribution in [1.82, 2.24) is 24.5 Å². The molecule has 3 heterocycles. The number of imidazole rings is 1. The number of pyridine rings is 1. The van der Waals surface area contributed by atoms with E-state index >= 15 is 0 Å². The van der Waals surface area contributed by atoms with Crippen LogP contribution in [-0.4, -0.2) is 31.6 Å². The van der Waals surface area contributed by atoms with E-state index in [1.54, 1.807) is 25.7 Å². The van der Waals surface area contributed by atoms with E-state index in [2.05, 4.69) is 19.9 Å². The molecule has 0 saturated heterocycles. The minimum absolute atomic E-state index is 0.270. The lowest BCUT2D eigenvalue weighted by Crippen LogP contribution is -1.99. The largest absolute Gasteiger partial charge is 0.493 e. The third kappa shape index (κ3) is 2.37. The molecular weight excluding hydrogens is 326 g/mol. The van der Waals surface area contributed by atoms with Gasteiger partial charge in [0.1, 0.15) is 17.5 Å². The molecule has 0 unspecified atom stereocenters. The van der Waals surface area contributed by atoms with Crippen LogP contribution in [0.15, 0.2) is 55.2 Å². The van der Waals surface area contributed by atoms with Gasteiger partial charge in [-0.15, -0.1) is 0 Å². The Bertz CT molecular complexity index is 1020. The Hall–Kier alpha value is -2.99. The van der Waals surface area contributed by atoms with Gasteiger partial charge in [-0.05, 0) is 12.1 Å². The molecule has 0 aliphatic rings. The van der Waals surface area contributed by atoms with Gasteiger partial charge >= 0.3 is 0 Å². The molecule has 0 aliphatic carbocycles. The molecule has 0 amide bonds. The number of fused-ring (bicyclic) bond motifs is 1. The van der Waals surface area contributed by atoms with E-state index in [0.717, 1.165) is 11.4 Å². The van der Waals surface area contributed by atoms with Crippen molar-refractivity contribution in [2.75, 3.05) is 7.11 Å². The Morgan fingerprint density at radius 2 is 1.96 bits per heavy atom. The maximum Gasteiger partial charge on any atom is 0.171 e. The zero-order valence-corrected chi connectivity index (χ0v) is 13.5. The number of para-hydroxylation sites is 1. The van der Waals surface area contributed by atoms with Crippen LogP contribution in [0.5, 0.6) is 5.75 Å². The van der Waals surface area contributed by atoms with E-state index in [1.807, 2.05) is 34.9 Å². The summed E-state index contributed by atoms with van der Waals surface area (Å²) >= 11 is 6.18. The molecule has 0 atom stereocenters. The summed E-state index contributed by atoms with van der Waals surface area (Å²) in [5.41, 5.74) is 3.70. The van der Waals surface area contributed by atoms with Crippen LogP contribution in [0.3, 0.4) is 0 Å². The molecule has 6 nitrogen and oxygen atoms in total. The van der Waals surface area contributed by atoms with Gasteiger partial charge in [-0.2, -0.15) is 0 Å². The standard InChI is InChI=1S/C17H12ClN5O/c1-24-14-7-12-15(22-17(14)18)16(21-9-20-12)13-8-19-10-23(13)11-5-3-2-4-6-11/h2-10H,1H3. The molecule has 0 bridgehead atoms. The van der Waals surface area contributed by atoms with Crippen LogP contribution in [0.1, 0.15) is 0 Å². The SMILES string of the molecule is COc1cc2ncnc(-c3cncn3-c3ccccc3)c2nc1Cl. The van der Waals surface area contributed by atoms with E-state index < -0.39 is 0 Å². The van der Waals surface area contributed by atoms with Gasteiger partial charge in [0.2, 0.25) is 0 Å². The molecule has 0 N–H and O–H groups in total. The molecule has 7 heteroatoms. The number of nitrogens with zero attached hydrogens (tertiary/aromatic N) is 5. The second-order valence-corrected chi connectivity index (χ2v) is 5.41. The molecule has 4 rings (SSSR count). The number of ether oxygens (including phenoxy) is 1. The zero-order valence-electron chi connectivity index (χ0n) is 12.7. The Morgan fingerprint density at radius 3 is 2.75 bits per heavy atom. The van der Waals surface area contributed by atoms with Gasteiger partial charge in [-0.25, -0.2) is 19.9 Å². The molecule has 3 aromatic heterocycles. The Balaban J connectivity index is 1.96. The van der Waals surface area contributed by atoms with Crippen LogP contribution in [0, 0.1) is 0 Å². The van der Waals surface area contributed by atoms with Crippen molar-refractivity contribution in [2.24, 2.45) is 0 Å². The molecule has 0 spiro atoms. The topological polar surface area (TPSA) is 65.7 Å². The van der Waals surface area contributed by atoms with E-state index in [1.165, 1.54) is 6.33 Å². The van der Waals surface area contributed by atoms with Gasteiger partial charge in [-0.3, -0.25) is 4.57 Å².